The van der Waals surface area contributed by atoms with Crippen molar-refractivity contribution >= 4 is 23.4 Å². The third-order valence-corrected chi connectivity index (χ3v) is 15.6. The predicted octanol–water partition coefficient (Wildman–Crippen LogP) is 8.13. The molecule has 2 bridgehead atoms. The zero-order chi connectivity index (χ0) is 37.4. The Hall–Kier alpha value is -3.04. The maximum atomic E-state index is 15.2. The fourth-order valence-electron chi connectivity index (χ4n) is 12.3. The zero-order valence-electron chi connectivity index (χ0n) is 31.3. The van der Waals surface area contributed by atoms with Crippen molar-refractivity contribution in [2.45, 2.75) is 109 Å². The van der Waals surface area contributed by atoms with Gasteiger partial charge >= 0.3 is 6.03 Å². The maximum absolute atomic E-state index is 15.2. The molecule has 1 saturated heterocycles. The minimum Gasteiger partial charge on any atom is -0.393 e. The summed E-state index contributed by atoms with van der Waals surface area (Å²) in [7, 11) is 0. The molecule has 0 aromatic heterocycles. The molecule has 4 fully saturated rings. The van der Waals surface area contributed by atoms with Crippen molar-refractivity contribution in [1.82, 2.24) is 10.2 Å². The second kappa shape index (κ2) is 13.3. The van der Waals surface area contributed by atoms with Crippen LogP contribution in [0.15, 0.2) is 72.3 Å². The summed E-state index contributed by atoms with van der Waals surface area (Å²) in [6.45, 7) is 7.71. The molecule has 3 saturated carbocycles. The van der Waals surface area contributed by atoms with Gasteiger partial charge in [-0.3, -0.25) is 4.79 Å². The number of benzene rings is 2. The second-order valence-corrected chi connectivity index (χ2v) is 18.1. The number of rotatable bonds is 9. The highest BCUT2D eigenvalue weighted by Crippen LogP contribution is 2.78. The van der Waals surface area contributed by atoms with Crippen molar-refractivity contribution in [3.05, 3.63) is 94.3 Å². The van der Waals surface area contributed by atoms with Crippen LogP contribution in [0.2, 0.25) is 5.02 Å². The number of ketones is 1. The molecule has 2 aromatic carbocycles. The van der Waals surface area contributed by atoms with Crippen molar-refractivity contribution in [3.8, 4) is 0 Å². The van der Waals surface area contributed by atoms with Crippen molar-refractivity contribution < 1.29 is 28.9 Å². The molecule has 9 rings (SSSR count). The molecular weight excluding hydrogens is 691 g/mol. The molecule has 2 aromatic rings. The largest absolute Gasteiger partial charge is 0.393 e. The first kappa shape index (κ1) is 36.9. The summed E-state index contributed by atoms with van der Waals surface area (Å²) in [6, 6.07) is 13.9. The maximum Gasteiger partial charge on any atom is 0.318 e. The number of nitrogens with zero attached hydrogens (tertiary/aromatic N) is 1. The number of halogens is 2. The Kier molecular flexibility index (Phi) is 9.27. The monoisotopic (exact) mass is 744 g/mol. The third-order valence-electron chi connectivity index (χ3n) is 15.2. The van der Waals surface area contributed by atoms with Crippen LogP contribution in [0.1, 0.15) is 95.7 Å². The van der Waals surface area contributed by atoms with Crippen LogP contribution in [0.25, 0.3) is 0 Å². The number of carbonyl (C=O) groups excluding carboxylic acids is 2. The van der Waals surface area contributed by atoms with E-state index in [9.17, 15) is 19.8 Å². The number of aliphatic hydroxyl groups excluding tert-OH is 1. The average molecular weight is 745 g/mol. The van der Waals surface area contributed by atoms with E-state index in [1.165, 1.54) is 6.07 Å². The SMILES string of the molecule is CC(NC(=O)N(CC1CCCO1)CC1(O)CCC2C34C=CC5(C=C3C(=O)Cc3c(F)cccc3Cl)CC(O)CCC5(C)C4CCC21C)c1ccccc1. The minimum absolute atomic E-state index is 0.0950. The fourth-order valence-corrected chi connectivity index (χ4v) is 12.5. The molecular formula is C44H54ClFN2O5. The number of carbonyl (C=O) groups is 2. The summed E-state index contributed by atoms with van der Waals surface area (Å²) in [6.07, 6.45) is 12.6. The van der Waals surface area contributed by atoms with Crippen LogP contribution in [0.3, 0.4) is 0 Å². The highest BCUT2D eigenvalue weighted by Gasteiger charge is 2.74. The lowest BCUT2D eigenvalue weighted by Gasteiger charge is -2.71. The Labute approximate surface area is 318 Å². The number of Topliss-reactive ketones (excluding diaryl/α,β-unsaturated/α-hetero) is 1. The van der Waals surface area contributed by atoms with Gasteiger partial charge in [0.25, 0.3) is 0 Å². The molecule has 10 unspecified atom stereocenters. The lowest BCUT2D eigenvalue weighted by molar-refractivity contribution is -0.178. The van der Waals surface area contributed by atoms with Gasteiger partial charge in [0.1, 0.15) is 5.82 Å². The number of aliphatic hydroxyl groups is 2. The summed E-state index contributed by atoms with van der Waals surface area (Å²) in [4.78, 5) is 30.7. The van der Waals surface area contributed by atoms with E-state index < -0.39 is 33.8 Å². The van der Waals surface area contributed by atoms with Crippen LogP contribution in [0.5, 0.6) is 0 Å². The zero-order valence-corrected chi connectivity index (χ0v) is 32.0. The number of allylic oxidation sites excluding steroid dienone is 4. The van der Waals surface area contributed by atoms with Crippen LogP contribution in [0.4, 0.5) is 9.18 Å². The van der Waals surface area contributed by atoms with Crippen LogP contribution >= 0.6 is 11.6 Å². The molecule has 7 aliphatic rings. The highest BCUT2D eigenvalue weighted by molar-refractivity contribution is 6.31. The van der Waals surface area contributed by atoms with Crippen LogP contribution in [-0.4, -0.2) is 64.4 Å². The van der Waals surface area contributed by atoms with Crippen LogP contribution in [-0.2, 0) is 16.0 Å². The summed E-state index contributed by atoms with van der Waals surface area (Å²) >= 11 is 6.49. The number of ether oxygens (including phenoxy) is 1. The molecule has 53 heavy (non-hydrogen) atoms. The number of hydrogen-bond donors (Lipinski definition) is 3. The van der Waals surface area contributed by atoms with Crippen molar-refractivity contribution in [2.24, 2.45) is 33.5 Å². The number of fused-ring (bicyclic) bond motifs is 1. The van der Waals surface area contributed by atoms with Gasteiger partial charge in [-0.15, -0.1) is 0 Å². The van der Waals surface area contributed by atoms with Crippen molar-refractivity contribution in [1.29, 1.82) is 0 Å². The highest BCUT2D eigenvalue weighted by atomic mass is 35.5. The van der Waals surface area contributed by atoms with Gasteiger partial charge in [0.05, 0.1) is 30.4 Å². The average Bonchev–Trinajstić information content (AvgIpc) is 3.75. The molecule has 3 N–H and O–H groups in total. The molecule has 7 nitrogen and oxygen atoms in total. The molecule has 9 heteroatoms. The van der Waals surface area contributed by atoms with Gasteiger partial charge in [-0.25, -0.2) is 9.18 Å². The molecule has 6 aliphatic carbocycles. The van der Waals surface area contributed by atoms with Gasteiger partial charge in [0, 0.05) is 52.0 Å². The third kappa shape index (κ3) is 5.67. The van der Waals surface area contributed by atoms with Crippen molar-refractivity contribution in [2.75, 3.05) is 19.7 Å². The van der Waals surface area contributed by atoms with Gasteiger partial charge in [0.2, 0.25) is 0 Å². The molecule has 284 valence electrons. The van der Waals surface area contributed by atoms with E-state index in [1.54, 1.807) is 17.0 Å². The topological polar surface area (TPSA) is 99.1 Å². The van der Waals surface area contributed by atoms with Gasteiger partial charge in [0.15, 0.2) is 5.78 Å². The van der Waals surface area contributed by atoms with E-state index in [1.807, 2.05) is 37.3 Å². The Morgan fingerprint density at radius 3 is 2.47 bits per heavy atom. The van der Waals surface area contributed by atoms with E-state index >= 15 is 4.39 Å². The summed E-state index contributed by atoms with van der Waals surface area (Å²) in [5, 5.41) is 27.5. The first-order chi connectivity index (χ1) is 25.3. The molecule has 0 radical (unpaired) electrons. The smallest absolute Gasteiger partial charge is 0.318 e. The Balaban J connectivity index is 1.16. The Bertz CT molecular complexity index is 1810. The molecule has 2 amide bonds. The Morgan fingerprint density at radius 1 is 1.00 bits per heavy atom. The second-order valence-electron chi connectivity index (χ2n) is 17.7. The van der Waals surface area contributed by atoms with Crippen LogP contribution < -0.4 is 5.32 Å². The Morgan fingerprint density at radius 2 is 1.74 bits per heavy atom. The minimum atomic E-state index is -1.23. The quantitative estimate of drug-likeness (QED) is 0.225. The molecule has 2 spiro atoms. The first-order valence-corrected chi connectivity index (χ1v) is 20.2. The standard InChI is InChI=1S/C44H54ClFN2O5/c1-28(29-9-5-4-6-10-29)47-39(51)48(26-31-11-8-22-53-31)27-43(52)19-16-38-41(43,3)18-15-37-40(2)17-14-30(49)24-42(40)20-21-44(37,38)33(25-42)36(50)23-32-34(45)12-7-13-35(32)46/h4-7,9-10,12-13,20-21,25,28,30-31,37-38,49,52H,8,11,14-19,22-24,26-27H2,1-3H3,(H,47,51). The molecule has 10 atom stereocenters. The van der Waals surface area contributed by atoms with Gasteiger partial charge in [-0.1, -0.05) is 80.1 Å². The summed E-state index contributed by atoms with van der Waals surface area (Å²) < 4.78 is 21.2. The lowest BCUT2D eigenvalue weighted by atomic mass is 9.32. The number of hydrogen-bond acceptors (Lipinski definition) is 5. The van der Waals surface area contributed by atoms with Gasteiger partial charge in [-0.05, 0) is 99.7 Å². The number of urea groups is 1. The van der Waals surface area contributed by atoms with Gasteiger partial charge < -0.3 is 25.2 Å². The molecule has 1 heterocycles. The lowest BCUT2D eigenvalue weighted by Crippen LogP contribution is -2.67. The molecule has 1 aliphatic heterocycles. The van der Waals surface area contributed by atoms with Gasteiger partial charge in [-0.2, -0.15) is 0 Å². The number of nitrogens with one attached hydrogen (secondary N) is 1. The first-order valence-electron chi connectivity index (χ1n) is 19.8. The van der Waals surface area contributed by atoms with E-state index in [-0.39, 0.29) is 64.8 Å². The van der Waals surface area contributed by atoms with E-state index in [2.05, 4.69) is 37.4 Å². The van der Waals surface area contributed by atoms with Crippen molar-refractivity contribution in [3.63, 3.8) is 0 Å². The van der Waals surface area contributed by atoms with E-state index in [0.717, 1.165) is 37.7 Å². The fraction of sp³-hybridized carbons (Fsp3) is 0.591. The normalized spacial score (nSPS) is 38.7. The van der Waals surface area contributed by atoms with E-state index in [4.69, 9.17) is 16.3 Å². The van der Waals surface area contributed by atoms with E-state index in [0.29, 0.717) is 44.4 Å². The summed E-state index contributed by atoms with van der Waals surface area (Å²) in [5.74, 6) is -0.644. The summed E-state index contributed by atoms with van der Waals surface area (Å²) in [5.41, 5.74) is -1.35. The van der Waals surface area contributed by atoms with Crippen LogP contribution in [0, 0.1) is 39.3 Å². The predicted molar refractivity (Wildman–Crippen MR) is 203 cm³/mol. The number of amides is 2.